The van der Waals surface area contributed by atoms with Crippen molar-refractivity contribution >= 4 is 12.2 Å². The molecular weight excluding hydrogens is 164 g/mol. The van der Waals surface area contributed by atoms with E-state index in [0.29, 0.717) is 5.92 Å². The van der Waals surface area contributed by atoms with Gasteiger partial charge in [-0.15, -0.1) is 0 Å². The molecule has 0 saturated carbocycles. The standard InChI is InChI=1S/C11H12O2/c1-8-2-4-9-5-7-11(12)13-10(9)6-3-8/h4-8H,2-3H2,1H3. The molecule has 2 nitrogen and oxygen atoms in total. The summed E-state index contributed by atoms with van der Waals surface area (Å²) in [5.74, 6) is 0.637. The lowest BCUT2D eigenvalue weighted by atomic mass is 10.1. The first-order chi connectivity index (χ1) is 6.25. The molecule has 0 amide bonds. The minimum Gasteiger partial charge on any atom is -0.423 e. The van der Waals surface area contributed by atoms with E-state index in [0.717, 1.165) is 23.5 Å². The summed E-state index contributed by atoms with van der Waals surface area (Å²) in [7, 11) is 0. The Morgan fingerprint density at radius 1 is 1.31 bits per heavy atom. The van der Waals surface area contributed by atoms with Gasteiger partial charge < -0.3 is 4.42 Å². The van der Waals surface area contributed by atoms with E-state index in [1.54, 1.807) is 0 Å². The third kappa shape index (κ3) is 1.72. The zero-order valence-corrected chi connectivity index (χ0v) is 7.62. The minimum absolute atomic E-state index is 0.266. The Morgan fingerprint density at radius 3 is 2.92 bits per heavy atom. The molecule has 0 bridgehead atoms. The topological polar surface area (TPSA) is 30.2 Å². The van der Waals surface area contributed by atoms with Crippen molar-refractivity contribution < 1.29 is 4.42 Å². The summed E-state index contributed by atoms with van der Waals surface area (Å²) in [5.41, 5.74) is 0.467. The van der Waals surface area contributed by atoms with Gasteiger partial charge in [0.25, 0.3) is 0 Å². The second-order valence-electron chi connectivity index (χ2n) is 3.56. The number of hydrogen-bond donors (Lipinski definition) is 0. The van der Waals surface area contributed by atoms with Crippen molar-refractivity contribution in [3.8, 4) is 0 Å². The van der Waals surface area contributed by atoms with Crippen LogP contribution in [0.15, 0.2) is 21.3 Å². The summed E-state index contributed by atoms with van der Waals surface area (Å²) in [4.78, 5) is 10.9. The molecule has 1 aromatic rings. The molecule has 0 radical (unpaired) electrons. The summed E-state index contributed by atoms with van der Waals surface area (Å²) in [6.07, 6.45) is 6.17. The predicted molar refractivity (Wildman–Crippen MR) is 51.6 cm³/mol. The Balaban J connectivity index is 2.69. The molecule has 68 valence electrons. The lowest BCUT2D eigenvalue weighted by Gasteiger charge is -1.99. The van der Waals surface area contributed by atoms with Gasteiger partial charge in [0.1, 0.15) is 5.42 Å². The smallest absolute Gasteiger partial charge is 0.336 e. The summed E-state index contributed by atoms with van der Waals surface area (Å²) >= 11 is 0. The maximum absolute atomic E-state index is 10.9. The maximum Gasteiger partial charge on any atom is 0.336 e. The van der Waals surface area contributed by atoms with E-state index < -0.39 is 0 Å². The van der Waals surface area contributed by atoms with Crippen LogP contribution in [0.2, 0.25) is 0 Å². The normalized spacial score (nSPS) is 20.8. The van der Waals surface area contributed by atoms with Crippen LogP contribution >= 0.6 is 0 Å². The average Bonchev–Trinajstić information content (AvgIpc) is 2.29. The lowest BCUT2D eigenvalue weighted by molar-refractivity contribution is 0.472. The van der Waals surface area contributed by atoms with E-state index in [9.17, 15) is 4.79 Å². The van der Waals surface area contributed by atoms with Gasteiger partial charge in [-0.25, -0.2) is 4.79 Å². The predicted octanol–water partition coefficient (Wildman–Crippen LogP) is 0.631. The molecule has 0 spiro atoms. The average molecular weight is 176 g/mol. The molecule has 0 fully saturated rings. The van der Waals surface area contributed by atoms with Gasteiger partial charge in [0.15, 0.2) is 0 Å². The van der Waals surface area contributed by atoms with Crippen molar-refractivity contribution in [1.29, 1.82) is 0 Å². The van der Waals surface area contributed by atoms with Gasteiger partial charge in [-0.3, -0.25) is 0 Å². The third-order valence-corrected chi connectivity index (χ3v) is 2.34. The summed E-state index contributed by atoms with van der Waals surface area (Å²) < 4.78 is 5.09. The molecule has 0 aromatic carbocycles. The van der Waals surface area contributed by atoms with Crippen LogP contribution in [-0.4, -0.2) is 0 Å². The van der Waals surface area contributed by atoms with Crippen LogP contribution in [0.5, 0.6) is 0 Å². The Kier molecular flexibility index (Phi) is 2.05. The van der Waals surface area contributed by atoms with Crippen LogP contribution in [0.3, 0.4) is 0 Å². The fourth-order valence-electron chi connectivity index (χ4n) is 1.50. The Hall–Kier alpha value is -1.31. The summed E-state index contributed by atoms with van der Waals surface area (Å²) in [5, 5.41) is 1.05. The highest BCUT2D eigenvalue weighted by molar-refractivity contribution is 5.31. The Labute approximate surface area is 76.2 Å². The van der Waals surface area contributed by atoms with Crippen molar-refractivity contribution in [2.24, 2.45) is 5.92 Å². The van der Waals surface area contributed by atoms with Gasteiger partial charge in [0.05, 0.1) is 0 Å². The van der Waals surface area contributed by atoms with Crippen molar-refractivity contribution in [2.75, 3.05) is 0 Å². The monoisotopic (exact) mass is 176 g/mol. The molecular formula is C11H12O2. The van der Waals surface area contributed by atoms with Crippen LogP contribution in [-0.2, 0) is 0 Å². The Morgan fingerprint density at radius 2 is 2.08 bits per heavy atom. The molecule has 1 aliphatic rings. The second-order valence-corrected chi connectivity index (χ2v) is 3.56. The highest BCUT2D eigenvalue weighted by Crippen LogP contribution is 2.09. The minimum atomic E-state index is -0.266. The van der Waals surface area contributed by atoms with Crippen LogP contribution in [0, 0.1) is 5.92 Å². The highest BCUT2D eigenvalue weighted by atomic mass is 16.4. The van der Waals surface area contributed by atoms with Crippen LogP contribution < -0.4 is 16.3 Å². The zero-order chi connectivity index (χ0) is 9.26. The number of rotatable bonds is 0. The molecule has 2 rings (SSSR count). The molecule has 0 aliphatic heterocycles. The first-order valence-corrected chi connectivity index (χ1v) is 4.56. The summed E-state index contributed by atoms with van der Waals surface area (Å²) in [6, 6.07) is 3.30. The van der Waals surface area contributed by atoms with Crippen molar-refractivity contribution in [3.63, 3.8) is 0 Å². The molecule has 1 aliphatic carbocycles. The van der Waals surface area contributed by atoms with Crippen LogP contribution in [0.1, 0.15) is 19.8 Å². The maximum atomic E-state index is 10.9. The number of hydrogen-bond acceptors (Lipinski definition) is 2. The zero-order valence-electron chi connectivity index (χ0n) is 7.62. The van der Waals surface area contributed by atoms with E-state index in [1.165, 1.54) is 6.07 Å². The summed E-state index contributed by atoms with van der Waals surface area (Å²) in [6.45, 7) is 2.19. The second kappa shape index (κ2) is 3.21. The largest absolute Gasteiger partial charge is 0.423 e. The van der Waals surface area contributed by atoms with Gasteiger partial charge >= 0.3 is 5.63 Å². The molecule has 2 heteroatoms. The van der Waals surface area contributed by atoms with Crippen LogP contribution in [0.4, 0.5) is 0 Å². The van der Waals surface area contributed by atoms with Crippen LogP contribution in [0.25, 0.3) is 12.2 Å². The van der Waals surface area contributed by atoms with E-state index in [-0.39, 0.29) is 5.63 Å². The highest BCUT2D eigenvalue weighted by Gasteiger charge is 2.02. The van der Waals surface area contributed by atoms with E-state index in [2.05, 4.69) is 13.0 Å². The Bertz CT molecular complexity index is 468. The third-order valence-electron chi connectivity index (χ3n) is 2.34. The molecule has 1 heterocycles. The van der Waals surface area contributed by atoms with E-state index in [4.69, 9.17) is 4.42 Å². The quantitative estimate of drug-likeness (QED) is 0.580. The molecule has 1 unspecified atom stereocenters. The fourth-order valence-corrected chi connectivity index (χ4v) is 1.50. The first kappa shape index (κ1) is 8.30. The molecule has 0 saturated heterocycles. The van der Waals surface area contributed by atoms with Gasteiger partial charge in [-0.05, 0) is 30.9 Å². The first-order valence-electron chi connectivity index (χ1n) is 4.56. The van der Waals surface area contributed by atoms with Gasteiger partial charge in [0.2, 0.25) is 0 Å². The molecule has 1 atom stereocenters. The van der Waals surface area contributed by atoms with Gasteiger partial charge in [0, 0.05) is 11.3 Å². The van der Waals surface area contributed by atoms with Gasteiger partial charge in [-0.2, -0.15) is 0 Å². The van der Waals surface area contributed by atoms with E-state index in [1.807, 2.05) is 12.1 Å². The fraction of sp³-hybridized carbons (Fsp3) is 0.364. The van der Waals surface area contributed by atoms with Crippen molar-refractivity contribution in [1.82, 2.24) is 0 Å². The molecule has 0 N–H and O–H groups in total. The van der Waals surface area contributed by atoms with E-state index >= 15 is 0 Å². The molecule has 1 aromatic heterocycles. The number of fused-ring (bicyclic) bond motifs is 1. The molecule has 13 heavy (non-hydrogen) atoms. The lowest BCUT2D eigenvalue weighted by Crippen LogP contribution is -2.27. The van der Waals surface area contributed by atoms with Gasteiger partial charge in [-0.1, -0.05) is 13.0 Å². The SMILES string of the molecule is CC1CC=c2ccc(=O)oc2=CC1. The van der Waals surface area contributed by atoms with Crippen molar-refractivity contribution in [3.05, 3.63) is 33.2 Å². The van der Waals surface area contributed by atoms with Crippen molar-refractivity contribution in [2.45, 2.75) is 19.8 Å².